The van der Waals surface area contributed by atoms with Crippen molar-refractivity contribution < 1.29 is 0 Å². The van der Waals surface area contributed by atoms with Gasteiger partial charge in [-0.1, -0.05) is 37.6 Å². The van der Waals surface area contributed by atoms with E-state index in [1.54, 1.807) is 0 Å². The lowest BCUT2D eigenvalue weighted by Crippen LogP contribution is -2.45. The lowest BCUT2D eigenvalue weighted by atomic mass is 10.1. The first-order valence-corrected chi connectivity index (χ1v) is 7.64. The van der Waals surface area contributed by atoms with Gasteiger partial charge in [0.2, 0.25) is 0 Å². The average Bonchev–Trinajstić information content (AvgIpc) is 3.17. The van der Waals surface area contributed by atoms with Crippen LogP contribution in [-0.2, 0) is 0 Å². The highest BCUT2D eigenvalue weighted by atomic mass is 127. The summed E-state index contributed by atoms with van der Waals surface area (Å²) in [5, 5.41) is 7.73. The molecule has 3 nitrogen and oxygen atoms in total. The van der Waals surface area contributed by atoms with E-state index in [4.69, 9.17) is 11.6 Å². The van der Waals surface area contributed by atoms with Gasteiger partial charge in [-0.25, -0.2) is 0 Å². The Morgan fingerprint density at radius 3 is 2.62 bits per heavy atom. The van der Waals surface area contributed by atoms with Gasteiger partial charge in [0.05, 0.1) is 0 Å². The zero-order valence-electron chi connectivity index (χ0n) is 13.1. The number of halogens is 2. The Labute approximate surface area is 150 Å². The van der Waals surface area contributed by atoms with Gasteiger partial charge in [0.15, 0.2) is 5.96 Å². The van der Waals surface area contributed by atoms with E-state index in [0.717, 1.165) is 17.4 Å². The molecule has 0 heterocycles. The van der Waals surface area contributed by atoms with Gasteiger partial charge in [0.25, 0.3) is 0 Å². The quantitative estimate of drug-likeness (QED) is 0.437. The third-order valence-electron chi connectivity index (χ3n) is 3.98. The molecule has 0 aromatic heterocycles. The molecule has 2 rings (SSSR count). The highest BCUT2D eigenvalue weighted by molar-refractivity contribution is 14.0. The number of hydrogen-bond acceptors (Lipinski definition) is 1. The van der Waals surface area contributed by atoms with Crippen LogP contribution in [0.3, 0.4) is 0 Å². The zero-order chi connectivity index (χ0) is 14.7. The summed E-state index contributed by atoms with van der Waals surface area (Å²) in [6, 6.07) is 9.00. The van der Waals surface area contributed by atoms with E-state index in [-0.39, 0.29) is 24.0 Å². The van der Waals surface area contributed by atoms with E-state index in [0.29, 0.717) is 23.9 Å². The van der Waals surface area contributed by atoms with Crippen LogP contribution in [0.5, 0.6) is 0 Å². The van der Waals surface area contributed by atoms with Gasteiger partial charge < -0.3 is 10.6 Å². The average molecular weight is 422 g/mol. The standard InChI is InChI=1S/C16H24ClN3.HI/c1-10(2)11(3)19-16(18-4)20-15-9-14(15)12-6-5-7-13(17)8-12;/h5-8,10-11,14-15H,9H2,1-4H3,(H2,18,19,20);1H. The molecule has 1 saturated carbocycles. The molecular weight excluding hydrogens is 397 g/mol. The maximum atomic E-state index is 6.04. The van der Waals surface area contributed by atoms with Gasteiger partial charge in [0.1, 0.15) is 0 Å². The molecule has 118 valence electrons. The number of nitrogens with one attached hydrogen (secondary N) is 2. The maximum Gasteiger partial charge on any atom is 0.191 e. The van der Waals surface area contributed by atoms with E-state index in [1.807, 2.05) is 19.2 Å². The number of benzene rings is 1. The van der Waals surface area contributed by atoms with Gasteiger partial charge in [0, 0.05) is 30.1 Å². The van der Waals surface area contributed by atoms with Gasteiger partial charge in [-0.05, 0) is 37.0 Å². The van der Waals surface area contributed by atoms with Crippen molar-refractivity contribution in [2.24, 2.45) is 10.9 Å². The van der Waals surface area contributed by atoms with E-state index in [1.165, 1.54) is 5.56 Å². The Kier molecular flexibility index (Phi) is 7.27. The predicted octanol–water partition coefficient (Wildman–Crippen LogP) is 4.02. The minimum atomic E-state index is 0. The van der Waals surface area contributed by atoms with Crippen molar-refractivity contribution in [2.45, 2.75) is 45.2 Å². The van der Waals surface area contributed by atoms with Crippen LogP contribution in [0.15, 0.2) is 29.3 Å². The van der Waals surface area contributed by atoms with Gasteiger partial charge in [-0.2, -0.15) is 0 Å². The molecule has 0 amide bonds. The second kappa shape index (κ2) is 8.22. The molecule has 1 aromatic rings. The molecule has 1 aliphatic rings. The van der Waals surface area contributed by atoms with E-state index < -0.39 is 0 Å². The predicted molar refractivity (Wildman–Crippen MR) is 102 cm³/mol. The molecule has 0 bridgehead atoms. The number of aliphatic imine (C=N–C) groups is 1. The largest absolute Gasteiger partial charge is 0.354 e. The van der Waals surface area contributed by atoms with E-state index in [9.17, 15) is 0 Å². The number of hydrogen-bond donors (Lipinski definition) is 2. The summed E-state index contributed by atoms with van der Waals surface area (Å²) in [5.41, 5.74) is 1.31. The maximum absolute atomic E-state index is 6.04. The lowest BCUT2D eigenvalue weighted by molar-refractivity contribution is 0.480. The smallest absolute Gasteiger partial charge is 0.191 e. The Morgan fingerprint density at radius 2 is 2.05 bits per heavy atom. The van der Waals surface area contributed by atoms with Crippen molar-refractivity contribution >= 4 is 41.5 Å². The number of nitrogens with zero attached hydrogens (tertiary/aromatic N) is 1. The fraction of sp³-hybridized carbons (Fsp3) is 0.562. The Bertz CT molecular complexity index is 490. The first-order valence-electron chi connectivity index (χ1n) is 7.26. The highest BCUT2D eigenvalue weighted by Crippen LogP contribution is 2.41. The van der Waals surface area contributed by atoms with Crippen molar-refractivity contribution in [2.75, 3.05) is 7.05 Å². The molecule has 0 radical (unpaired) electrons. The van der Waals surface area contributed by atoms with E-state index >= 15 is 0 Å². The van der Waals surface area contributed by atoms with Gasteiger partial charge >= 0.3 is 0 Å². The van der Waals surface area contributed by atoms with Crippen LogP contribution in [0.2, 0.25) is 5.02 Å². The molecule has 0 aliphatic heterocycles. The second-order valence-corrected chi connectivity index (χ2v) is 6.33. The molecule has 0 saturated heterocycles. The number of rotatable bonds is 4. The van der Waals surface area contributed by atoms with Crippen LogP contribution in [-0.4, -0.2) is 25.1 Å². The zero-order valence-corrected chi connectivity index (χ0v) is 16.1. The summed E-state index contributed by atoms with van der Waals surface area (Å²) in [6.07, 6.45) is 1.14. The van der Waals surface area contributed by atoms with Crippen LogP contribution < -0.4 is 10.6 Å². The third-order valence-corrected chi connectivity index (χ3v) is 4.21. The minimum Gasteiger partial charge on any atom is -0.354 e. The van der Waals surface area contributed by atoms with Crippen molar-refractivity contribution in [1.29, 1.82) is 0 Å². The molecule has 1 fully saturated rings. The number of guanidine groups is 1. The Balaban J connectivity index is 0.00000220. The monoisotopic (exact) mass is 421 g/mol. The molecule has 0 spiro atoms. The highest BCUT2D eigenvalue weighted by Gasteiger charge is 2.39. The van der Waals surface area contributed by atoms with Crippen molar-refractivity contribution in [3.63, 3.8) is 0 Å². The normalized spacial score (nSPS) is 22.5. The fourth-order valence-corrected chi connectivity index (χ4v) is 2.39. The van der Waals surface area contributed by atoms with Crippen molar-refractivity contribution in [3.8, 4) is 0 Å². The van der Waals surface area contributed by atoms with Crippen LogP contribution in [0.1, 0.15) is 38.7 Å². The molecule has 1 aliphatic carbocycles. The summed E-state index contributed by atoms with van der Waals surface area (Å²) in [4.78, 5) is 4.30. The van der Waals surface area contributed by atoms with Gasteiger partial charge in [-0.15, -0.1) is 24.0 Å². The van der Waals surface area contributed by atoms with Crippen molar-refractivity contribution in [3.05, 3.63) is 34.9 Å². The third kappa shape index (κ3) is 5.33. The molecule has 3 unspecified atom stereocenters. The summed E-state index contributed by atoms with van der Waals surface area (Å²) in [7, 11) is 1.82. The summed E-state index contributed by atoms with van der Waals surface area (Å²) < 4.78 is 0. The molecule has 3 atom stereocenters. The first-order chi connectivity index (χ1) is 9.51. The van der Waals surface area contributed by atoms with Crippen LogP contribution >= 0.6 is 35.6 Å². The summed E-state index contributed by atoms with van der Waals surface area (Å²) in [6.45, 7) is 6.59. The van der Waals surface area contributed by atoms with Crippen LogP contribution in [0.25, 0.3) is 0 Å². The summed E-state index contributed by atoms with van der Waals surface area (Å²) in [5.74, 6) is 2.01. The molecular formula is C16H25ClIN3. The molecule has 2 N–H and O–H groups in total. The van der Waals surface area contributed by atoms with E-state index in [2.05, 4.69) is 48.5 Å². The van der Waals surface area contributed by atoms with Crippen molar-refractivity contribution in [1.82, 2.24) is 10.6 Å². The SMILES string of the molecule is CN=C(NC(C)C(C)C)NC1CC1c1cccc(Cl)c1.I. The minimum absolute atomic E-state index is 0. The molecule has 1 aromatic carbocycles. The summed E-state index contributed by atoms with van der Waals surface area (Å²) >= 11 is 6.04. The van der Waals surface area contributed by atoms with Gasteiger partial charge in [-0.3, -0.25) is 4.99 Å². The lowest BCUT2D eigenvalue weighted by Gasteiger charge is -2.20. The topological polar surface area (TPSA) is 36.4 Å². The molecule has 5 heteroatoms. The van der Waals surface area contributed by atoms with Crippen LogP contribution in [0, 0.1) is 5.92 Å². The Morgan fingerprint density at radius 1 is 1.33 bits per heavy atom. The second-order valence-electron chi connectivity index (χ2n) is 5.90. The van der Waals surface area contributed by atoms with Crippen LogP contribution in [0.4, 0.5) is 0 Å². The Hall–Kier alpha value is -0.490. The fourth-order valence-electron chi connectivity index (χ4n) is 2.19. The molecule has 21 heavy (non-hydrogen) atoms. The first kappa shape index (κ1) is 18.6.